The van der Waals surface area contributed by atoms with Crippen LogP contribution < -0.4 is 5.32 Å². The van der Waals surface area contributed by atoms with E-state index in [1.807, 2.05) is 0 Å². The lowest BCUT2D eigenvalue weighted by Crippen LogP contribution is -2.53. The van der Waals surface area contributed by atoms with Crippen molar-refractivity contribution in [3.05, 3.63) is 0 Å². The molecule has 2 aliphatic heterocycles. The van der Waals surface area contributed by atoms with Crippen LogP contribution in [0.5, 0.6) is 0 Å². The van der Waals surface area contributed by atoms with Crippen LogP contribution in [0.2, 0.25) is 0 Å². The number of rotatable bonds is 2. The molecule has 0 aromatic rings. The minimum Gasteiger partial charge on any atom is -0.340 e. The number of piperidine rings is 1. The number of hydrogen-bond acceptors (Lipinski definition) is 3. The number of halogens is 3. The monoisotopic (exact) mass is 293 g/mol. The third kappa shape index (κ3) is 4.34. The molecule has 0 saturated carbocycles. The average molecular weight is 293 g/mol. The number of carbonyl (C=O) groups excluding carboxylic acids is 1. The highest BCUT2D eigenvalue weighted by molar-refractivity contribution is 5.79. The predicted octanol–water partition coefficient (Wildman–Crippen LogP) is 1.08. The molecule has 2 aliphatic rings. The lowest BCUT2D eigenvalue weighted by atomic mass is 9.92. The highest BCUT2D eigenvalue weighted by Gasteiger charge is 2.34. The van der Waals surface area contributed by atoms with E-state index in [4.69, 9.17) is 0 Å². The number of nitrogens with one attached hydrogen (secondary N) is 1. The third-order valence-corrected chi connectivity index (χ3v) is 4.06. The quantitative estimate of drug-likeness (QED) is 0.827. The van der Waals surface area contributed by atoms with E-state index in [1.165, 1.54) is 4.90 Å². The highest BCUT2D eigenvalue weighted by Crippen LogP contribution is 2.21. The van der Waals surface area contributed by atoms with Crippen LogP contribution in [-0.2, 0) is 4.79 Å². The SMILES string of the molecule is CC1CC(C(=O)N2CCN(CC(F)(F)F)CC2)CCN1. The van der Waals surface area contributed by atoms with Crippen LogP contribution in [0.3, 0.4) is 0 Å². The molecular formula is C13H22F3N3O. The first-order valence-electron chi connectivity index (χ1n) is 7.16. The van der Waals surface area contributed by atoms with E-state index in [9.17, 15) is 18.0 Å². The maximum atomic E-state index is 12.3. The molecule has 1 N–H and O–H groups in total. The summed E-state index contributed by atoms with van der Waals surface area (Å²) in [5.74, 6) is 0.144. The molecule has 2 heterocycles. The van der Waals surface area contributed by atoms with Gasteiger partial charge in [-0.05, 0) is 26.3 Å². The normalized spacial score (nSPS) is 29.5. The minimum absolute atomic E-state index is 0.0282. The maximum Gasteiger partial charge on any atom is 0.401 e. The highest BCUT2D eigenvalue weighted by atomic mass is 19.4. The van der Waals surface area contributed by atoms with Crippen molar-refractivity contribution < 1.29 is 18.0 Å². The van der Waals surface area contributed by atoms with Gasteiger partial charge in [-0.3, -0.25) is 9.69 Å². The van der Waals surface area contributed by atoms with Crippen molar-refractivity contribution in [2.24, 2.45) is 5.92 Å². The summed E-state index contributed by atoms with van der Waals surface area (Å²) in [6.07, 6.45) is -2.51. The van der Waals surface area contributed by atoms with Crippen LogP contribution in [0, 0.1) is 5.92 Å². The van der Waals surface area contributed by atoms with E-state index >= 15 is 0 Å². The van der Waals surface area contributed by atoms with Crippen LogP contribution in [0.15, 0.2) is 0 Å². The predicted molar refractivity (Wildman–Crippen MR) is 69.3 cm³/mol. The Labute approximate surface area is 117 Å². The molecule has 2 fully saturated rings. The zero-order valence-corrected chi connectivity index (χ0v) is 11.7. The summed E-state index contributed by atoms with van der Waals surface area (Å²) < 4.78 is 36.9. The molecule has 0 aromatic heterocycles. The third-order valence-electron chi connectivity index (χ3n) is 4.06. The summed E-state index contributed by atoms with van der Waals surface area (Å²) in [6.45, 7) is 3.46. The van der Waals surface area contributed by atoms with E-state index in [2.05, 4.69) is 12.2 Å². The van der Waals surface area contributed by atoms with Gasteiger partial charge >= 0.3 is 6.18 Å². The van der Waals surface area contributed by atoms with E-state index in [0.717, 1.165) is 19.4 Å². The molecule has 2 rings (SSSR count). The topological polar surface area (TPSA) is 35.6 Å². The molecular weight excluding hydrogens is 271 g/mol. The fourth-order valence-electron chi connectivity index (χ4n) is 2.99. The van der Waals surface area contributed by atoms with Gasteiger partial charge < -0.3 is 10.2 Å². The smallest absolute Gasteiger partial charge is 0.340 e. The van der Waals surface area contributed by atoms with Crippen molar-refractivity contribution in [1.82, 2.24) is 15.1 Å². The molecule has 2 saturated heterocycles. The molecule has 0 spiro atoms. The Morgan fingerprint density at radius 1 is 1.25 bits per heavy atom. The zero-order valence-electron chi connectivity index (χ0n) is 11.7. The summed E-state index contributed by atoms with van der Waals surface area (Å²) in [5, 5.41) is 3.30. The lowest BCUT2D eigenvalue weighted by molar-refractivity contribution is -0.153. The first-order valence-corrected chi connectivity index (χ1v) is 7.16. The van der Waals surface area contributed by atoms with E-state index in [-0.39, 0.29) is 11.8 Å². The standard InChI is InChI=1S/C13H22F3N3O/c1-10-8-11(2-3-17-10)12(20)19-6-4-18(5-7-19)9-13(14,15)16/h10-11,17H,2-9H2,1H3. The second-order valence-electron chi connectivity index (χ2n) is 5.79. The second kappa shape index (κ2) is 6.30. The molecule has 0 radical (unpaired) electrons. The summed E-state index contributed by atoms with van der Waals surface area (Å²) in [5.41, 5.74) is 0. The number of carbonyl (C=O) groups is 1. The molecule has 7 heteroatoms. The Bertz CT molecular complexity index is 340. The van der Waals surface area contributed by atoms with E-state index < -0.39 is 12.7 Å². The van der Waals surface area contributed by atoms with Crippen molar-refractivity contribution >= 4 is 5.91 Å². The van der Waals surface area contributed by atoms with Gasteiger partial charge in [0.05, 0.1) is 6.54 Å². The van der Waals surface area contributed by atoms with Gasteiger partial charge in [-0.2, -0.15) is 13.2 Å². The van der Waals surface area contributed by atoms with Gasteiger partial charge in [-0.15, -0.1) is 0 Å². The van der Waals surface area contributed by atoms with Crippen LogP contribution in [0.25, 0.3) is 0 Å². The summed E-state index contributed by atoms with van der Waals surface area (Å²) in [4.78, 5) is 15.4. The van der Waals surface area contributed by atoms with Crippen molar-refractivity contribution in [3.63, 3.8) is 0 Å². The summed E-state index contributed by atoms with van der Waals surface area (Å²) in [6, 6.07) is 0.337. The number of hydrogen-bond donors (Lipinski definition) is 1. The molecule has 116 valence electrons. The Balaban J connectivity index is 1.79. The lowest BCUT2D eigenvalue weighted by Gasteiger charge is -2.38. The molecule has 0 bridgehead atoms. The van der Waals surface area contributed by atoms with Gasteiger partial charge in [-0.25, -0.2) is 0 Å². The van der Waals surface area contributed by atoms with Gasteiger partial charge in [-0.1, -0.05) is 0 Å². The zero-order chi connectivity index (χ0) is 14.8. The van der Waals surface area contributed by atoms with E-state index in [1.54, 1.807) is 4.90 Å². The number of piperazine rings is 1. The average Bonchev–Trinajstić information content (AvgIpc) is 2.37. The fourth-order valence-corrected chi connectivity index (χ4v) is 2.99. The summed E-state index contributed by atoms with van der Waals surface area (Å²) in [7, 11) is 0. The Morgan fingerprint density at radius 3 is 2.45 bits per heavy atom. The molecule has 0 aromatic carbocycles. The summed E-state index contributed by atoms with van der Waals surface area (Å²) >= 11 is 0. The molecule has 2 atom stereocenters. The van der Waals surface area contributed by atoms with Gasteiger partial charge in [0.25, 0.3) is 0 Å². The molecule has 1 amide bonds. The number of alkyl halides is 3. The molecule has 4 nitrogen and oxygen atoms in total. The largest absolute Gasteiger partial charge is 0.401 e. The Kier molecular flexibility index (Phi) is 4.90. The fraction of sp³-hybridized carbons (Fsp3) is 0.923. The van der Waals surface area contributed by atoms with Crippen molar-refractivity contribution in [3.8, 4) is 0 Å². The van der Waals surface area contributed by atoms with Gasteiger partial charge in [0, 0.05) is 38.1 Å². The van der Waals surface area contributed by atoms with Crippen molar-refractivity contribution in [1.29, 1.82) is 0 Å². The molecule has 2 unspecified atom stereocenters. The van der Waals surface area contributed by atoms with Crippen molar-refractivity contribution in [2.45, 2.75) is 32.0 Å². The van der Waals surface area contributed by atoms with Gasteiger partial charge in [0.2, 0.25) is 5.91 Å². The van der Waals surface area contributed by atoms with Crippen LogP contribution >= 0.6 is 0 Å². The van der Waals surface area contributed by atoms with E-state index in [0.29, 0.717) is 32.2 Å². The van der Waals surface area contributed by atoms with Gasteiger partial charge in [0.1, 0.15) is 0 Å². The molecule has 0 aliphatic carbocycles. The van der Waals surface area contributed by atoms with Crippen LogP contribution in [-0.4, -0.2) is 67.2 Å². The maximum absolute atomic E-state index is 12.3. The Hall–Kier alpha value is -0.820. The van der Waals surface area contributed by atoms with Crippen molar-refractivity contribution in [2.75, 3.05) is 39.3 Å². The number of nitrogens with zero attached hydrogens (tertiary/aromatic N) is 2. The van der Waals surface area contributed by atoms with Gasteiger partial charge in [0.15, 0.2) is 0 Å². The second-order valence-corrected chi connectivity index (χ2v) is 5.79. The molecule has 20 heavy (non-hydrogen) atoms. The first kappa shape index (κ1) is 15.6. The van der Waals surface area contributed by atoms with Crippen LogP contribution in [0.4, 0.5) is 13.2 Å². The number of amides is 1. The Morgan fingerprint density at radius 2 is 1.90 bits per heavy atom. The van der Waals surface area contributed by atoms with Crippen LogP contribution in [0.1, 0.15) is 19.8 Å². The first-order chi connectivity index (χ1) is 9.35. The minimum atomic E-state index is -4.16.